The molecular formula is C13H18F3N7S. The summed E-state index contributed by atoms with van der Waals surface area (Å²) in [6, 6.07) is 0. The number of halogens is 3. The second-order valence-corrected chi connectivity index (χ2v) is 5.84. The van der Waals surface area contributed by atoms with Gasteiger partial charge in [0.2, 0.25) is 0 Å². The summed E-state index contributed by atoms with van der Waals surface area (Å²) < 4.78 is 39.4. The largest absolute Gasteiger partial charge is 0.434 e. The highest BCUT2D eigenvalue weighted by atomic mass is 32.1. The molecule has 2 N–H and O–H groups in total. The van der Waals surface area contributed by atoms with Crippen LogP contribution in [0.15, 0.2) is 10.4 Å². The fourth-order valence-electron chi connectivity index (χ4n) is 1.76. The number of nitrogens with zero attached hydrogens (tertiary/aromatic N) is 5. The van der Waals surface area contributed by atoms with E-state index in [1.165, 1.54) is 0 Å². The number of alkyl halides is 3. The molecule has 0 aliphatic heterocycles. The summed E-state index contributed by atoms with van der Waals surface area (Å²) in [5.74, 6) is 1.95. The minimum atomic E-state index is -4.42. The molecule has 0 aromatic carbocycles. The zero-order valence-electron chi connectivity index (χ0n) is 13.5. The number of hydrogen-bond donors (Lipinski definition) is 2. The van der Waals surface area contributed by atoms with Gasteiger partial charge in [0.1, 0.15) is 17.4 Å². The Morgan fingerprint density at radius 1 is 1.33 bits per heavy atom. The normalized spacial score (nSPS) is 12.5. The topological polar surface area (TPSA) is 80.0 Å². The number of aliphatic imine (C=N–C) groups is 1. The monoisotopic (exact) mass is 361 g/mol. The Balaban J connectivity index is 1.99. The SMILES string of the molecule is CCNC(=NCc1nnc(C)n1C)NCc1nc(C(F)(F)F)cs1. The van der Waals surface area contributed by atoms with Crippen molar-refractivity contribution in [2.45, 2.75) is 33.1 Å². The molecule has 7 nitrogen and oxygen atoms in total. The summed E-state index contributed by atoms with van der Waals surface area (Å²) in [6.45, 7) is 4.82. The first kappa shape index (κ1) is 18.2. The van der Waals surface area contributed by atoms with Crippen LogP contribution in [-0.2, 0) is 26.3 Å². The molecule has 0 aliphatic rings. The van der Waals surface area contributed by atoms with Crippen molar-refractivity contribution < 1.29 is 13.2 Å². The molecule has 2 rings (SSSR count). The van der Waals surface area contributed by atoms with Crippen molar-refractivity contribution in [3.8, 4) is 0 Å². The molecule has 0 aliphatic carbocycles. The first-order chi connectivity index (χ1) is 11.3. The molecule has 0 unspecified atom stereocenters. The van der Waals surface area contributed by atoms with E-state index in [0.717, 1.165) is 22.5 Å². The van der Waals surface area contributed by atoms with Crippen molar-refractivity contribution in [1.29, 1.82) is 0 Å². The maximum Gasteiger partial charge on any atom is 0.434 e. The highest BCUT2D eigenvalue weighted by Gasteiger charge is 2.33. The fraction of sp³-hybridized carbons (Fsp3) is 0.538. The lowest BCUT2D eigenvalue weighted by Gasteiger charge is -2.10. The zero-order chi connectivity index (χ0) is 17.7. The number of thiazole rings is 1. The number of guanidine groups is 1. The van der Waals surface area contributed by atoms with Crippen LogP contribution in [0.3, 0.4) is 0 Å². The first-order valence-electron chi connectivity index (χ1n) is 7.20. The molecule has 2 aromatic heterocycles. The minimum Gasteiger partial charge on any atom is -0.357 e. The van der Waals surface area contributed by atoms with Crippen LogP contribution in [0.4, 0.5) is 13.2 Å². The predicted octanol–water partition coefficient (Wildman–Crippen LogP) is 1.85. The number of aromatic nitrogens is 4. The third-order valence-electron chi connectivity index (χ3n) is 3.15. The van der Waals surface area contributed by atoms with Crippen LogP contribution in [0.25, 0.3) is 0 Å². The van der Waals surface area contributed by atoms with Crippen molar-refractivity contribution in [2.75, 3.05) is 6.54 Å². The first-order valence-corrected chi connectivity index (χ1v) is 8.08. The van der Waals surface area contributed by atoms with Crippen LogP contribution in [-0.4, -0.2) is 32.3 Å². The van der Waals surface area contributed by atoms with E-state index in [1.54, 1.807) is 0 Å². The van der Waals surface area contributed by atoms with E-state index in [9.17, 15) is 13.2 Å². The number of rotatable bonds is 5. The molecule has 0 amide bonds. The van der Waals surface area contributed by atoms with Crippen LogP contribution >= 0.6 is 11.3 Å². The highest BCUT2D eigenvalue weighted by Crippen LogP contribution is 2.29. The standard InChI is InChI=1S/C13H18F3N7S/c1-4-17-12(18-5-10-22-21-8(2)23(10)3)19-6-11-20-9(7-24-11)13(14,15)16/h7H,4-6H2,1-3H3,(H2,17,18,19). The quantitative estimate of drug-likeness (QED) is 0.628. The molecule has 11 heteroatoms. The summed E-state index contributed by atoms with van der Waals surface area (Å²) in [7, 11) is 1.84. The molecule has 0 spiro atoms. The molecule has 0 fully saturated rings. The van der Waals surface area contributed by atoms with E-state index in [0.29, 0.717) is 29.9 Å². The van der Waals surface area contributed by atoms with Crippen LogP contribution in [0.2, 0.25) is 0 Å². The lowest BCUT2D eigenvalue weighted by molar-refractivity contribution is -0.140. The van der Waals surface area contributed by atoms with Crippen LogP contribution in [0, 0.1) is 6.92 Å². The lowest BCUT2D eigenvalue weighted by atomic mass is 10.5. The van der Waals surface area contributed by atoms with Gasteiger partial charge in [-0.1, -0.05) is 0 Å². The van der Waals surface area contributed by atoms with E-state index >= 15 is 0 Å². The van der Waals surface area contributed by atoms with Gasteiger partial charge in [0.25, 0.3) is 0 Å². The second-order valence-electron chi connectivity index (χ2n) is 4.90. The van der Waals surface area contributed by atoms with Gasteiger partial charge in [-0.3, -0.25) is 0 Å². The van der Waals surface area contributed by atoms with E-state index in [1.807, 2.05) is 25.5 Å². The summed E-state index contributed by atoms with van der Waals surface area (Å²) >= 11 is 0.954. The smallest absolute Gasteiger partial charge is 0.357 e. The molecule has 0 atom stereocenters. The highest BCUT2D eigenvalue weighted by molar-refractivity contribution is 7.09. The Hall–Kier alpha value is -2.17. The third-order valence-corrected chi connectivity index (χ3v) is 4.00. The molecule has 0 saturated heterocycles. The van der Waals surface area contributed by atoms with Crippen LogP contribution in [0.5, 0.6) is 0 Å². The molecule has 0 saturated carbocycles. The van der Waals surface area contributed by atoms with E-state index in [-0.39, 0.29) is 6.54 Å². The lowest BCUT2D eigenvalue weighted by Crippen LogP contribution is -2.36. The van der Waals surface area contributed by atoms with E-state index < -0.39 is 11.9 Å². The van der Waals surface area contributed by atoms with Gasteiger partial charge >= 0.3 is 6.18 Å². The molecule has 0 bridgehead atoms. The van der Waals surface area contributed by atoms with Gasteiger partial charge in [0.15, 0.2) is 17.5 Å². The molecule has 2 heterocycles. The van der Waals surface area contributed by atoms with E-state index in [4.69, 9.17) is 0 Å². The summed E-state index contributed by atoms with van der Waals surface area (Å²) in [5, 5.41) is 15.3. The average molecular weight is 361 g/mol. The maximum atomic E-state index is 12.5. The van der Waals surface area contributed by atoms with Crippen molar-refractivity contribution in [3.63, 3.8) is 0 Å². The second kappa shape index (κ2) is 7.60. The Morgan fingerprint density at radius 2 is 2.08 bits per heavy atom. The number of hydrogen-bond acceptors (Lipinski definition) is 5. The summed E-state index contributed by atoms with van der Waals surface area (Å²) in [5.41, 5.74) is -0.874. The maximum absolute atomic E-state index is 12.5. The van der Waals surface area contributed by atoms with Crippen molar-refractivity contribution in [1.82, 2.24) is 30.4 Å². The predicted molar refractivity (Wildman–Crippen MR) is 84.5 cm³/mol. The number of nitrogens with one attached hydrogen (secondary N) is 2. The van der Waals surface area contributed by atoms with Gasteiger partial charge in [-0.2, -0.15) is 13.2 Å². The molecule has 2 aromatic rings. The molecular weight excluding hydrogens is 343 g/mol. The molecule has 0 radical (unpaired) electrons. The van der Waals surface area contributed by atoms with Crippen molar-refractivity contribution >= 4 is 17.3 Å². The van der Waals surface area contributed by atoms with Gasteiger partial charge in [0, 0.05) is 19.0 Å². The summed E-state index contributed by atoms with van der Waals surface area (Å²) in [6.07, 6.45) is -4.42. The number of aryl methyl sites for hydroxylation is 1. The Bertz CT molecular complexity index is 705. The van der Waals surface area contributed by atoms with Crippen LogP contribution in [0.1, 0.15) is 29.3 Å². The van der Waals surface area contributed by atoms with Gasteiger partial charge in [-0.15, -0.1) is 21.5 Å². The van der Waals surface area contributed by atoms with Gasteiger partial charge in [0.05, 0.1) is 6.54 Å². The molecule has 24 heavy (non-hydrogen) atoms. The van der Waals surface area contributed by atoms with E-state index in [2.05, 4.69) is 30.8 Å². The van der Waals surface area contributed by atoms with Crippen LogP contribution < -0.4 is 10.6 Å². The average Bonchev–Trinajstić information content (AvgIpc) is 3.11. The Kier molecular flexibility index (Phi) is 5.75. The minimum absolute atomic E-state index is 0.157. The van der Waals surface area contributed by atoms with Crippen molar-refractivity contribution in [3.05, 3.63) is 27.7 Å². The zero-order valence-corrected chi connectivity index (χ0v) is 14.3. The Morgan fingerprint density at radius 3 is 2.62 bits per heavy atom. The Labute approximate surface area is 141 Å². The fourth-order valence-corrected chi connectivity index (χ4v) is 2.50. The van der Waals surface area contributed by atoms with Crippen molar-refractivity contribution in [2.24, 2.45) is 12.0 Å². The third kappa shape index (κ3) is 4.66. The van der Waals surface area contributed by atoms with Gasteiger partial charge in [-0.25, -0.2) is 9.98 Å². The van der Waals surface area contributed by atoms with Gasteiger partial charge in [-0.05, 0) is 13.8 Å². The summed E-state index contributed by atoms with van der Waals surface area (Å²) in [4.78, 5) is 7.93. The van der Waals surface area contributed by atoms with Gasteiger partial charge < -0.3 is 15.2 Å². The molecule has 132 valence electrons.